The molecule has 2 aromatic rings. The lowest BCUT2D eigenvalue weighted by atomic mass is 10.2. The summed E-state index contributed by atoms with van der Waals surface area (Å²) < 4.78 is 31.4. The molecule has 94 valence electrons. The molecule has 0 fully saturated rings. The molecular formula is C13H10ClF2NO. The highest BCUT2D eigenvalue weighted by molar-refractivity contribution is 6.32. The van der Waals surface area contributed by atoms with E-state index in [9.17, 15) is 8.78 Å². The highest BCUT2D eigenvalue weighted by atomic mass is 35.5. The van der Waals surface area contributed by atoms with Gasteiger partial charge in [0.05, 0.1) is 17.8 Å². The topological polar surface area (TPSA) is 21.3 Å². The van der Waals surface area contributed by atoms with Gasteiger partial charge in [-0.25, -0.2) is 8.78 Å². The minimum atomic E-state index is -0.539. The number of hydrogen-bond acceptors (Lipinski definition) is 2. The van der Waals surface area contributed by atoms with Gasteiger partial charge in [-0.1, -0.05) is 11.6 Å². The van der Waals surface area contributed by atoms with Crippen LogP contribution in [-0.4, -0.2) is 7.11 Å². The smallest absolute Gasteiger partial charge is 0.146 e. The first-order valence-electron chi connectivity index (χ1n) is 5.16. The van der Waals surface area contributed by atoms with Gasteiger partial charge in [0, 0.05) is 11.8 Å². The second kappa shape index (κ2) is 5.23. The Labute approximate surface area is 108 Å². The van der Waals surface area contributed by atoms with Crippen molar-refractivity contribution in [2.24, 2.45) is 0 Å². The van der Waals surface area contributed by atoms with E-state index < -0.39 is 11.6 Å². The number of hydrogen-bond donors (Lipinski definition) is 1. The van der Waals surface area contributed by atoms with Crippen LogP contribution in [0.3, 0.4) is 0 Å². The second-order valence-corrected chi connectivity index (χ2v) is 4.01. The number of methoxy groups -OCH3 is 1. The van der Waals surface area contributed by atoms with Gasteiger partial charge in [-0.05, 0) is 30.3 Å². The number of anilines is 2. The zero-order chi connectivity index (χ0) is 13.1. The molecule has 18 heavy (non-hydrogen) atoms. The van der Waals surface area contributed by atoms with Gasteiger partial charge in [-0.2, -0.15) is 0 Å². The van der Waals surface area contributed by atoms with Crippen molar-refractivity contribution in [2.45, 2.75) is 0 Å². The summed E-state index contributed by atoms with van der Waals surface area (Å²) in [7, 11) is 1.50. The van der Waals surface area contributed by atoms with Crippen LogP contribution in [0.2, 0.25) is 5.02 Å². The summed E-state index contributed by atoms with van der Waals surface area (Å²) in [5.41, 5.74) is 0.599. The van der Waals surface area contributed by atoms with Crippen LogP contribution in [0.5, 0.6) is 5.75 Å². The van der Waals surface area contributed by atoms with E-state index in [1.807, 2.05) is 0 Å². The zero-order valence-electron chi connectivity index (χ0n) is 9.51. The fraction of sp³-hybridized carbons (Fsp3) is 0.0769. The van der Waals surface area contributed by atoms with Gasteiger partial charge in [0.1, 0.15) is 17.4 Å². The van der Waals surface area contributed by atoms with E-state index >= 15 is 0 Å². The largest absolute Gasteiger partial charge is 0.495 e. The molecule has 0 aromatic heterocycles. The summed E-state index contributed by atoms with van der Waals surface area (Å²) in [6, 6.07) is 8.07. The normalized spacial score (nSPS) is 10.2. The van der Waals surface area contributed by atoms with Crippen molar-refractivity contribution in [1.29, 1.82) is 0 Å². The van der Waals surface area contributed by atoms with Gasteiger partial charge < -0.3 is 10.1 Å². The highest BCUT2D eigenvalue weighted by Gasteiger charge is 2.06. The second-order valence-electron chi connectivity index (χ2n) is 3.60. The van der Waals surface area contributed by atoms with Crippen LogP contribution < -0.4 is 10.1 Å². The van der Waals surface area contributed by atoms with Gasteiger partial charge in [-0.15, -0.1) is 0 Å². The molecule has 5 heteroatoms. The number of nitrogens with one attached hydrogen (secondary N) is 1. The third kappa shape index (κ3) is 2.71. The van der Waals surface area contributed by atoms with Crippen LogP contribution in [-0.2, 0) is 0 Å². The summed E-state index contributed by atoms with van der Waals surface area (Å²) in [5.74, 6) is -0.538. The third-order valence-electron chi connectivity index (χ3n) is 2.36. The molecule has 0 heterocycles. The maximum atomic E-state index is 13.4. The van der Waals surface area contributed by atoms with Gasteiger partial charge in [0.15, 0.2) is 0 Å². The zero-order valence-corrected chi connectivity index (χ0v) is 10.3. The van der Waals surface area contributed by atoms with Gasteiger partial charge >= 0.3 is 0 Å². The van der Waals surface area contributed by atoms with Crippen molar-refractivity contribution in [3.63, 3.8) is 0 Å². The summed E-state index contributed by atoms with van der Waals surface area (Å²) in [5, 5.41) is 3.14. The van der Waals surface area contributed by atoms with E-state index in [1.54, 1.807) is 18.2 Å². The molecule has 0 saturated heterocycles. The van der Waals surface area contributed by atoms with E-state index in [2.05, 4.69) is 5.32 Å². The molecule has 0 aliphatic carbocycles. The molecule has 2 nitrogen and oxygen atoms in total. The van der Waals surface area contributed by atoms with E-state index in [0.29, 0.717) is 16.5 Å². The minimum absolute atomic E-state index is 0.0521. The third-order valence-corrected chi connectivity index (χ3v) is 2.65. The first-order valence-corrected chi connectivity index (χ1v) is 5.53. The lowest BCUT2D eigenvalue weighted by Crippen LogP contribution is -1.95. The van der Waals surface area contributed by atoms with E-state index in [4.69, 9.17) is 16.3 Å². The molecule has 0 bridgehead atoms. The van der Waals surface area contributed by atoms with Crippen molar-refractivity contribution in [3.05, 3.63) is 53.1 Å². The van der Waals surface area contributed by atoms with Crippen molar-refractivity contribution >= 4 is 23.0 Å². The maximum Gasteiger partial charge on any atom is 0.146 e. The van der Waals surface area contributed by atoms with E-state index in [-0.39, 0.29) is 5.69 Å². The fourth-order valence-electron chi connectivity index (χ4n) is 1.49. The molecule has 2 aromatic carbocycles. The number of ether oxygens (including phenoxy) is 1. The lowest BCUT2D eigenvalue weighted by molar-refractivity contribution is 0.415. The first kappa shape index (κ1) is 12.6. The van der Waals surface area contributed by atoms with Gasteiger partial charge in [0.2, 0.25) is 0 Å². The Hall–Kier alpha value is -1.81. The number of halogens is 3. The number of rotatable bonds is 3. The van der Waals surface area contributed by atoms with Crippen LogP contribution in [0.15, 0.2) is 36.4 Å². The molecule has 0 spiro atoms. The first-order chi connectivity index (χ1) is 8.60. The standard InChI is InChI=1S/C13H10ClF2NO/c1-18-13-5-3-9(7-10(13)14)17-12-6-8(15)2-4-11(12)16/h2-7,17H,1H3. The van der Waals surface area contributed by atoms with Crippen molar-refractivity contribution in [3.8, 4) is 5.75 Å². The Morgan fingerprint density at radius 1 is 1.11 bits per heavy atom. The van der Waals surface area contributed by atoms with Crippen LogP contribution in [0.25, 0.3) is 0 Å². The Morgan fingerprint density at radius 2 is 1.89 bits per heavy atom. The monoisotopic (exact) mass is 269 g/mol. The van der Waals surface area contributed by atoms with Crippen molar-refractivity contribution in [1.82, 2.24) is 0 Å². The predicted octanol–water partition coefficient (Wildman–Crippen LogP) is 4.37. The lowest BCUT2D eigenvalue weighted by Gasteiger charge is -2.09. The van der Waals surface area contributed by atoms with Gasteiger partial charge in [-0.3, -0.25) is 0 Å². The van der Waals surface area contributed by atoms with Crippen molar-refractivity contribution in [2.75, 3.05) is 12.4 Å². The summed E-state index contributed by atoms with van der Waals surface area (Å²) >= 11 is 5.93. The van der Waals surface area contributed by atoms with Crippen molar-refractivity contribution < 1.29 is 13.5 Å². The molecule has 0 amide bonds. The minimum Gasteiger partial charge on any atom is -0.495 e. The van der Waals surface area contributed by atoms with Gasteiger partial charge in [0.25, 0.3) is 0 Å². The number of benzene rings is 2. The fourth-order valence-corrected chi connectivity index (χ4v) is 1.75. The average Bonchev–Trinajstić information content (AvgIpc) is 2.34. The highest BCUT2D eigenvalue weighted by Crippen LogP contribution is 2.29. The Kier molecular flexibility index (Phi) is 3.67. The van der Waals surface area contributed by atoms with Crippen LogP contribution in [0, 0.1) is 11.6 Å². The van der Waals surface area contributed by atoms with E-state index in [0.717, 1.165) is 18.2 Å². The molecule has 0 atom stereocenters. The van der Waals surface area contributed by atoms with Crippen LogP contribution in [0.4, 0.5) is 20.2 Å². The average molecular weight is 270 g/mol. The van der Waals surface area contributed by atoms with Crippen LogP contribution >= 0.6 is 11.6 Å². The summed E-state index contributed by atoms with van der Waals surface area (Å²) in [6.07, 6.45) is 0. The quantitative estimate of drug-likeness (QED) is 0.893. The molecular weight excluding hydrogens is 260 g/mol. The molecule has 1 N–H and O–H groups in total. The summed E-state index contributed by atoms with van der Waals surface area (Å²) in [6.45, 7) is 0. The molecule has 0 saturated carbocycles. The molecule has 0 radical (unpaired) electrons. The Morgan fingerprint density at radius 3 is 2.56 bits per heavy atom. The predicted molar refractivity (Wildman–Crippen MR) is 67.6 cm³/mol. The molecule has 0 aliphatic rings. The SMILES string of the molecule is COc1ccc(Nc2cc(F)ccc2F)cc1Cl. The maximum absolute atomic E-state index is 13.4. The summed E-state index contributed by atoms with van der Waals surface area (Å²) in [4.78, 5) is 0. The molecule has 0 aliphatic heterocycles. The molecule has 0 unspecified atom stereocenters. The van der Waals surface area contributed by atoms with E-state index in [1.165, 1.54) is 7.11 Å². The Bertz CT molecular complexity index is 575. The van der Waals surface area contributed by atoms with Crippen LogP contribution in [0.1, 0.15) is 0 Å². The molecule has 2 rings (SSSR count). The Balaban J connectivity index is 2.28.